The monoisotopic (exact) mass is 459 g/mol. The Hall–Kier alpha value is -4.66. The number of hydrogen-bond donors (Lipinski definition) is 3. The van der Waals surface area contributed by atoms with Crippen molar-refractivity contribution in [1.29, 1.82) is 0 Å². The quantitative estimate of drug-likeness (QED) is 0.380. The summed E-state index contributed by atoms with van der Waals surface area (Å²) in [7, 11) is 0. The van der Waals surface area contributed by atoms with Crippen LogP contribution in [0.3, 0.4) is 0 Å². The number of furan rings is 1. The summed E-state index contributed by atoms with van der Waals surface area (Å²) in [5.74, 6) is -1.52. The van der Waals surface area contributed by atoms with Gasteiger partial charge in [-0.05, 0) is 55.3 Å². The molecular weight excluding hydrogens is 438 g/mol. The van der Waals surface area contributed by atoms with E-state index in [9.17, 15) is 24.3 Å². The lowest BCUT2D eigenvalue weighted by Gasteiger charge is -2.12. The number of anilines is 1. The summed E-state index contributed by atoms with van der Waals surface area (Å²) in [4.78, 5) is 49.5. The largest absolute Gasteiger partial charge is 0.478 e. The lowest BCUT2D eigenvalue weighted by molar-refractivity contribution is -0.127. The molecule has 172 valence electrons. The summed E-state index contributed by atoms with van der Waals surface area (Å²) in [5.41, 5.74) is 2.79. The van der Waals surface area contributed by atoms with Gasteiger partial charge in [0.05, 0.1) is 5.56 Å². The van der Waals surface area contributed by atoms with Crippen molar-refractivity contribution >= 4 is 35.6 Å². The van der Waals surface area contributed by atoms with Crippen molar-refractivity contribution in [2.24, 2.45) is 0 Å². The van der Waals surface area contributed by atoms with Gasteiger partial charge in [0.2, 0.25) is 5.91 Å². The van der Waals surface area contributed by atoms with Gasteiger partial charge in [0.1, 0.15) is 23.8 Å². The molecule has 0 unspecified atom stereocenters. The van der Waals surface area contributed by atoms with E-state index in [0.29, 0.717) is 22.6 Å². The molecule has 3 aromatic rings. The third-order valence-electron chi connectivity index (χ3n) is 5.31. The number of aromatic carboxylic acids is 1. The first-order valence-corrected chi connectivity index (χ1v) is 10.4. The molecule has 0 radical (unpaired) electrons. The Morgan fingerprint density at radius 2 is 1.85 bits per heavy atom. The molecule has 1 aromatic heterocycles. The summed E-state index contributed by atoms with van der Waals surface area (Å²) < 4.78 is 5.77. The second-order valence-corrected chi connectivity index (χ2v) is 7.78. The van der Waals surface area contributed by atoms with Crippen LogP contribution in [0.4, 0.5) is 10.5 Å². The van der Waals surface area contributed by atoms with Gasteiger partial charge in [-0.1, -0.05) is 24.3 Å². The van der Waals surface area contributed by atoms with Gasteiger partial charge in [-0.2, -0.15) is 0 Å². The number of nitrogens with zero attached hydrogens (tertiary/aromatic N) is 1. The van der Waals surface area contributed by atoms with Crippen LogP contribution in [-0.4, -0.2) is 40.4 Å². The van der Waals surface area contributed by atoms with Crippen LogP contribution < -0.4 is 10.6 Å². The lowest BCUT2D eigenvalue weighted by atomic mass is 10.0. The van der Waals surface area contributed by atoms with Crippen molar-refractivity contribution in [3.05, 3.63) is 82.7 Å². The van der Waals surface area contributed by atoms with Crippen molar-refractivity contribution in [2.45, 2.75) is 13.8 Å². The van der Waals surface area contributed by atoms with E-state index in [1.807, 2.05) is 13.0 Å². The van der Waals surface area contributed by atoms with Crippen LogP contribution in [0.15, 0.2) is 64.7 Å². The molecule has 1 aliphatic heterocycles. The number of nitrogens with one attached hydrogen (secondary N) is 2. The highest BCUT2D eigenvalue weighted by atomic mass is 16.4. The summed E-state index contributed by atoms with van der Waals surface area (Å²) in [6.45, 7) is 3.12. The average Bonchev–Trinajstić information content (AvgIpc) is 3.34. The fourth-order valence-electron chi connectivity index (χ4n) is 3.63. The molecule has 4 rings (SSSR count). The molecule has 0 saturated carbocycles. The maximum absolute atomic E-state index is 12.7. The molecule has 2 aromatic carbocycles. The van der Waals surface area contributed by atoms with Crippen molar-refractivity contribution in [3.63, 3.8) is 0 Å². The molecule has 1 aliphatic rings. The highest BCUT2D eigenvalue weighted by Gasteiger charge is 2.35. The zero-order valence-electron chi connectivity index (χ0n) is 18.4. The summed E-state index contributed by atoms with van der Waals surface area (Å²) in [5, 5.41) is 14.4. The molecule has 1 fully saturated rings. The first kappa shape index (κ1) is 22.5. The van der Waals surface area contributed by atoms with E-state index < -0.39 is 30.4 Å². The predicted molar refractivity (Wildman–Crippen MR) is 124 cm³/mol. The molecule has 9 heteroatoms. The molecule has 2 heterocycles. The molecular formula is C25H21N3O6. The number of amides is 4. The van der Waals surface area contributed by atoms with E-state index in [2.05, 4.69) is 10.6 Å². The number of aryl methyl sites for hydroxylation is 1. The van der Waals surface area contributed by atoms with E-state index in [4.69, 9.17) is 4.42 Å². The van der Waals surface area contributed by atoms with E-state index in [0.717, 1.165) is 10.5 Å². The number of carboxylic acids is 1. The van der Waals surface area contributed by atoms with Gasteiger partial charge < -0.3 is 20.2 Å². The fraction of sp³-hybridized carbons (Fsp3) is 0.120. The van der Waals surface area contributed by atoms with Crippen LogP contribution in [0, 0.1) is 13.8 Å². The lowest BCUT2D eigenvalue weighted by Crippen LogP contribution is -2.38. The van der Waals surface area contributed by atoms with Crippen LogP contribution in [0.2, 0.25) is 0 Å². The van der Waals surface area contributed by atoms with Gasteiger partial charge in [0, 0.05) is 17.3 Å². The number of benzene rings is 2. The van der Waals surface area contributed by atoms with Gasteiger partial charge in [-0.15, -0.1) is 0 Å². The summed E-state index contributed by atoms with van der Waals surface area (Å²) in [6.07, 6.45) is 1.36. The summed E-state index contributed by atoms with van der Waals surface area (Å²) >= 11 is 0. The SMILES string of the molecule is Cc1cccc(NC(=O)CN2C(=O)NC(=Cc3ccc(-c4cccc(C(=O)O)c4C)o3)C2=O)c1. The van der Waals surface area contributed by atoms with Gasteiger partial charge in [-0.25, -0.2) is 14.5 Å². The molecule has 34 heavy (non-hydrogen) atoms. The Balaban J connectivity index is 1.49. The van der Waals surface area contributed by atoms with Crippen LogP contribution >= 0.6 is 0 Å². The Bertz CT molecular complexity index is 1350. The molecule has 0 spiro atoms. The predicted octanol–water partition coefficient (Wildman–Crippen LogP) is 3.79. The van der Waals surface area contributed by atoms with Gasteiger partial charge in [0.25, 0.3) is 5.91 Å². The van der Waals surface area contributed by atoms with Crippen LogP contribution in [0.25, 0.3) is 17.4 Å². The zero-order chi connectivity index (χ0) is 24.4. The number of urea groups is 1. The Kier molecular flexibility index (Phi) is 6.01. The van der Waals surface area contributed by atoms with E-state index >= 15 is 0 Å². The number of imide groups is 1. The second-order valence-electron chi connectivity index (χ2n) is 7.78. The standard InChI is InChI=1S/C25H21N3O6/c1-14-5-3-6-16(11-14)26-22(29)13-28-23(30)20(27-25(28)33)12-17-9-10-21(34-17)18-7-4-8-19(15(18)2)24(31)32/h3-12H,13H2,1-2H3,(H,26,29)(H,27,33)(H,31,32). The number of rotatable bonds is 6. The highest BCUT2D eigenvalue weighted by molar-refractivity contribution is 6.15. The Morgan fingerprint density at radius 3 is 2.59 bits per heavy atom. The molecule has 4 amide bonds. The topological polar surface area (TPSA) is 129 Å². The molecule has 1 saturated heterocycles. The number of carbonyl (C=O) groups excluding carboxylic acids is 3. The normalized spacial score (nSPS) is 14.4. The van der Waals surface area contributed by atoms with E-state index in [1.165, 1.54) is 12.1 Å². The van der Waals surface area contributed by atoms with Crippen LogP contribution in [0.1, 0.15) is 27.2 Å². The molecule has 0 atom stereocenters. The van der Waals surface area contributed by atoms with Gasteiger partial charge >= 0.3 is 12.0 Å². The van der Waals surface area contributed by atoms with Crippen LogP contribution in [-0.2, 0) is 9.59 Å². The third-order valence-corrected chi connectivity index (χ3v) is 5.31. The summed E-state index contributed by atoms with van der Waals surface area (Å²) in [6, 6.07) is 14.5. The third kappa shape index (κ3) is 4.58. The van der Waals surface area contributed by atoms with Crippen LogP contribution in [0.5, 0.6) is 0 Å². The first-order valence-electron chi connectivity index (χ1n) is 10.4. The minimum absolute atomic E-state index is 0.0368. The van der Waals surface area contributed by atoms with Crippen molar-refractivity contribution < 1.29 is 28.7 Å². The average molecular weight is 459 g/mol. The molecule has 0 aliphatic carbocycles. The minimum Gasteiger partial charge on any atom is -0.478 e. The minimum atomic E-state index is -1.04. The molecule has 0 bridgehead atoms. The maximum Gasteiger partial charge on any atom is 0.335 e. The number of hydrogen-bond acceptors (Lipinski definition) is 5. The van der Waals surface area contributed by atoms with Gasteiger partial charge in [-0.3, -0.25) is 9.59 Å². The highest BCUT2D eigenvalue weighted by Crippen LogP contribution is 2.28. The number of carboxylic acid groups (broad SMARTS) is 1. The van der Waals surface area contributed by atoms with E-state index in [-0.39, 0.29) is 17.0 Å². The number of carbonyl (C=O) groups is 4. The fourth-order valence-corrected chi connectivity index (χ4v) is 3.63. The Morgan fingerprint density at radius 1 is 1.09 bits per heavy atom. The first-order chi connectivity index (χ1) is 16.2. The van der Waals surface area contributed by atoms with Crippen molar-refractivity contribution in [3.8, 4) is 11.3 Å². The van der Waals surface area contributed by atoms with E-state index in [1.54, 1.807) is 49.4 Å². The zero-order valence-corrected chi connectivity index (χ0v) is 18.4. The Labute approximate surface area is 194 Å². The maximum atomic E-state index is 12.7. The van der Waals surface area contributed by atoms with Gasteiger partial charge in [0.15, 0.2) is 0 Å². The van der Waals surface area contributed by atoms with Crippen molar-refractivity contribution in [2.75, 3.05) is 11.9 Å². The molecule has 3 N–H and O–H groups in total. The van der Waals surface area contributed by atoms with Crippen molar-refractivity contribution in [1.82, 2.24) is 10.2 Å². The molecule has 9 nitrogen and oxygen atoms in total. The smallest absolute Gasteiger partial charge is 0.335 e. The second kappa shape index (κ2) is 9.07.